The maximum atomic E-state index is 9.51. The van der Waals surface area contributed by atoms with Crippen molar-refractivity contribution in [3.63, 3.8) is 0 Å². The van der Waals surface area contributed by atoms with Crippen molar-refractivity contribution in [1.82, 2.24) is 0 Å². The molecule has 0 radical (unpaired) electrons. The van der Waals surface area contributed by atoms with Crippen LogP contribution in [0.25, 0.3) is 0 Å². The van der Waals surface area contributed by atoms with Gasteiger partial charge in [-0.3, -0.25) is 0 Å². The summed E-state index contributed by atoms with van der Waals surface area (Å²) in [6.45, 7) is 6.03. The SMILES string of the molecule is CCCCCCCCCC[As](CC(C)O)CC(C)O. The number of hydrogen-bond acceptors (Lipinski definition) is 2. The molecular formula is C16H35AsO2. The average molecular weight is 334 g/mol. The van der Waals surface area contributed by atoms with Crippen LogP contribution in [0, 0.1) is 0 Å². The molecule has 0 aliphatic carbocycles. The van der Waals surface area contributed by atoms with Gasteiger partial charge < -0.3 is 0 Å². The van der Waals surface area contributed by atoms with Gasteiger partial charge in [-0.05, 0) is 0 Å². The van der Waals surface area contributed by atoms with Crippen LogP contribution in [0.15, 0.2) is 0 Å². The number of unbranched alkanes of at least 4 members (excludes halogenated alkanes) is 7. The minimum absolute atomic E-state index is 0.173. The predicted molar refractivity (Wildman–Crippen MR) is 86.1 cm³/mol. The third-order valence-electron chi connectivity index (χ3n) is 3.37. The summed E-state index contributed by atoms with van der Waals surface area (Å²) < 4.78 is 0. The van der Waals surface area contributed by atoms with Crippen molar-refractivity contribution in [3.05, 3.63) is 0 Å². The Morgan fingerprint density at radius 2 is 1.16 bits per heavy atom. The van der Waals surface area contributed by atoms with Crippen LogP contribution < -0.4 is 0 Å². The van der Waals surface area contributed by atoms with Gasteiger partial charge in [0.15, 0.2) is 0 Å². The molecule has 0 aromatic carbocycles. The Labute approximate surface area is 125 Å². The van der Waals surface area contributed by atoms with Crippen molar-refractivity contribution in [3.8, 4) is 0 Å². The summed E-state index contributed by atoms with van der Waals surface area (Å²) in [5, 5.41) is 22.3. The van der Waals surface area contributed by atoms with E-state index in [1.807, 2.05) is 13.8 Å². The molecule has 0 spiro atoms. The molecule has 0 amide bonds. The summed E-state index contributed by atoms with van der Waals surface area (Å²) in [6.07, 6.45) is 10.6. The second-order valence-corrected chi connectivity index (χ2v) is 11.2. The van der Waals surface area contributed by atoms with E-state index in [1.165, 1.54) is 56.6 Å². The molecular weight excluding hydrogens is 299 g/mol. The summed E-state index contributed by atoms with van der Waals surface area (Å²) in [6, 6.07) is 0. The van der Waals surface area contributed by atoms with Crippen molar-refractivity contribution < 1.29 is 10.2 Å². The van der Waals surface area contributed by atoms with Gasteiger partial charge in [-0.15, -0.1) is 0 Å². The summed E-state index contributed by atoms with van der Waals surface area (Å²) in [5.41, 5.74) is 0. The van der Waals surface area contributed by atoms with Gasteiger partial charge in [0, 0.05) is 0 Å². The molecule has 0 aromatic rings. The summed E-state index contributed by atoms with van der Waals surface area (Å²) in [5.74, 6) is 0. The summed E-state index contributed by atoms with van der Waals surface area (Å²) >= 11 is -0.990. The van der Waals surface area contributed by atoms with Gasteiger partial charge in [-0.2, -0.15) is 0 Å². The van der Waals surface area contributed by atoms with Crippen molar-refractivity contribution >= 4 is 14.7 Å². The third-order valence-corrected chi connectivity index (χ3v) is 9.75. The van der Waals surface area contributed by atoms with E-state index < -0.39 is 14.7 Å². The van der Waals surface area contributed by atoms with E-state index in [9.17, 15) is 10.2 Å². The van der Waals surface area contributed by atoms with Gasteiger partial charge in [0.25, 0.3) is 0 Å². The van der Waals surface area contributed by atoms with Crippen LogP contribution in [0.3, 0.4) is 0 Å². The Morgan fingerprint density at radius 1 is 0.737 bits per heavy atom. The molecule has 2 N–H and O–H groups in total. The van der Waals surface area contributed by atoms with E-state index in [4.69, 9.17) is 0 Å². The Balaban J connectivity index is 3.52. The monoisotopic (exact) mass is 334 g/mol. The van der Waals surface area contributed by atoms with E-state index in [0.29, 0.717) is 0 Å². The molecule has 0 heterocycles. The number of hydrogen-bond donors (Lipinski definition) is 2. The first-order valence-corrected chi connectivity index (χ1v) is 12.1. The van der Waals surface area contributed by atoms with Gasteiger partial charge in [-0.25, -0.2) is 0 Å². The third kappa shape index (κ3) is 14.7. The molecule has 2 nitrogen and oxygen atoms in total. The fraction of sp³-hybridized carbons (Fsp3) is 1.00. The van der Waals surface area contributed by atoms with E-state index >= 15 is 0 Å². The summed E-state index contributed by atoms with van der Waals surface area (Å²) in [7, 11) is 0. The molecule has 19 heavy (non-hydrogen) atoms. The zero-order valence-corrected chi connectivity index (χ0v) is 15.2. The average Bonchev–Trinajstić information content (AvgIpc) is 2.30. The predicted octanol–water partition coefficient (Wildman–Crippen LogP) is 4.38. The van der Waals surface area contributed by atoms with Gasteiger partial charge >= 0.3 is 125 Å². The number of aliphatic hydroxyl groups is 2. The van der Waals surface area contributed by atoms with Crippen LogP contribution in [-0.2, 0) is 0 Å². The fourth-order valence-corrected chi connectivity index (χ4v) is 8.10. The molecule has 0 aliphatic heterocycles. The van der Waals surface area contributed by atoms with Gasteiger partial charge in [0.1, 0.15) is 0 Å². The number of aliphatic hydroxyl groups excluding tert-OH is 2. The molecule has 0 saturated carbocycles. The zero-order valence-electron chi connectivity index (χ0n) is 13.3. The van der Waals surface area contributed by atoms with Gasteiger partial charge in [-0.1, -0.05) is 0 Å². The van der Waals surface area contributed by atoms with Gasteiger partial charge in [0.2, 0.25) is 0 Å². The van der Waals surface area contributed by atoms with Crippen LogP contribution in [-0.4, -0.2) is 37.1 Å². The maximum absolute atomic E-state index is 9.51. The van der Waals surface area contributed by atoms with Crippen LogP contribution >= 0.6 is 0 Å². The first kappa shape index (κ1) is 19.5. The van der Waals surface area contributed by atoms with Gasteiger partial charge in [0.05, 0.1) is 0 Å². The molecule has 0 aliphatic rings. The first-order chi connectivity index (χ1) is 9.06. The molecule has 0 aromatic heterocycles. The topological polar surface area (TPSA) is 40.5 Å². The second-order valence-electron chi connectivity index (χ2n) is 5.93. The van der Waals surface area contributed by atoms with Crippen molar-refractivity contribution in [2.24, 2.45) is 0 Å². The molecule has 3 heteroatoms. The number of rotatable bonds is 13. The second kappa shape index (κ2) is 13.5. The van der Waals surface area contributed by atoms with E-state index in [2.05, 4.69) is 6.92 Å². The normalized spacial score (nSPS) is 16.3. The molecule has 2 unspecified atom stereocenters. The van der Waals surface area contributed by atoms with E-state index in [0.717, 1.165) is 10.4 Å². The quantitative estimate of drug-likeness (QED) is 0.387. The molecule has 0 bridgehead atoms. The van der Waals surface area contributed by atoms with Crippen molar-refractivity contribution in [1.29, 1.82) is 0 Å². The Kier molecular flexibility index (Phi) is 13.8. The molecule has 0 saturated heterocycles. The van der Waals surface area contributed by atoms with Crippen molar-refractivity contribution in [2.75, 3.05) is 0 Å². The summed E-state index contributed by atoms with van der Waals surface area (Å²) in [4.78, 5) is 0. The van der Waals surface area contributed by atoms with E-state index in [1.54, 1.807) is 0 Å². The van der Waals surface area contributed by atoms with Crippen LogP contribution in [0.5, 0.6) is 0 Å². The molecule has 2 atom stereocenters. The first-order valence-electron chi connectivity index (χ1n) is 8.14. The fourth-order valence-electron chi connectivity index (χ4n) is 2.47. The Hall–Kier alpha value is 0.478. The standard InChI is InChI=1S/C16H35AsO2/c1-4-5-6-7-8-9-10-11-12-17(13-15(2)18)14-16(3)19/h15-16,18-19H,4-14H2,1-3H3. The van der Waals surface area contributed by atoms with Crippen LogP contribution in [0.1, 0.15) is 72.1 Å². The minimum atomic E-state index is -0.990. The molecule has 0 fully saturated rings. The van der Waals surface area contributed by atoms with Crippen molar-refractivity contribution in [2.45, 2.75) is 100.0 Å². The zero-order chi connectivity index (χ0) is 14.5. The van der Waals surface area contributed by atoms with Crippen LogP contribution in [0.4, 0.5) is 0 Å². The Morgan fingerprint density at radius 3 is 1.58 bits per heavy atom. The molecule has 0 rings (SSSR count). The molecule has 116 valence electrons. The van der Waals surface area contributed by atoms with E-state index in [-0.39, 0.29) is 12.2 Å². The Bertz CT molecular complexity index is 174. The van der Waals surface area contributed by atoms with Crippen LogP contribution in [0.2, 0.25) is 15.6 Å².